The zero-order valence-electron chi connectivity index (χ0n) is 7.48. The van der Waals surface area contributed by atoms with Crippen LogP contribution in [0.15, 0.2) is 11.8 Å². The largest absolute Gasteiger partial charge is 0.495 e. The van der Waals surface area contributed by atoms with Crippen molar-refractivity contribution in [1.29, 1.82) is 0 Å². The van der Waals surface area contributed by atoms with Crippen molar-refractivity contribution >= 4 is 0 Å². The fourth-order valence-corrected chi connectivity index (χ4v) is 1.29. The lowest BCUT2D eigenvalue weighted by Crippen LogP contribution is -2.36. The van der Waals surface area contributed by atoms with Crippen molar-refractivity contribution in [3.05, 3.63) is 11.8 Å². The summed E-state index contributed by atoms with van der Waals surface area (Å²) in [6.07, 6.45) is 4.09. The van der Waals surface area contributed by atoms with Gasteiger partial charge in [-0.25, -0.2) is 4.39 Å². The molecule has 0 amide bonds. The Kier molecular flexibility index (Phi) is 3.09. The summed E-state index contributed by atoms with van der Waals surface area (Å²) in [7, 11) is 0. The molecular weight excluding hydrogens is 157 g/mol. The number of ether oxygens (including phenoxy) is 1. The Morgan fingerprint density at radius 3 is 2.92 bits per heavy atom. The van der Waals surface area contributed by atoms with E-state index in [1.54, 1.807) is 6.92 Å². The molecule has 1 rings (SSSR count). The fraction of sp³-hybridized carbons (Fsp3) is 0.778. The smallest absolute Gasteiger partial charge is 0.179 e. The summed E-state index contributed by atoms with van der Waals surface area (Å²) in [6.45, 7) is 2.42. The van der Waals surface area contributed by atoms with Gasteiger partial charge in [-0.3, -0.25) is 0 Å². The molecule has 0 saturated carbocycles. The molecule has 0 bridgehead atoms. The molecule has 2 N–H and O–H groups in total. The van der Waals surface area contributed by atoms with E-state index in [4.69, 9.17) is 10.5 Å². The van der Waals surface area contributed by atoms with Gasteiger partial charge in [-0.15, -0.1) is 0 Å². The van der Waals surface area contributed by atoms with E-state index in [1.165, 1.54) is 0 Å². The van der Waals surface area contributed by atoms with Gasteiger partial charge in [0, 0.05) is 6.54 Å². The van der Waals surface area contributed by atoms with Crippen molar-refractivity contribution in [2.24, 2.45) is 5.73 Å². The third kappa shape index (κ3) is 1.78. The van der Waals surface area contributed by atoms with Gasteiger partial charge >= 0.3 is 0 Å². The fourth-order valence-electron chi connectivity index (χ4n) is 1.29. The second-order valence-corrected chi connectivity index (χ2v) is 3.08. The van der Waals surface area contributed by atoms with Crippen molar-refractivity contribution < 1.29 is 9.13 Å². The lowest BCUT2D eigenvalue weighted by Gasteiger charge is -2.27. The second kappa shape index (κ2) is 3.90. The van der Waals surface area contributed by atoms with Gasteiger partial charge in [0.25, 0.3) is 0 Å². The molecule has 70 valence electrons. The Hall–Kier alpha value is -0.570. The van der Waals surface area contributed by atoms with Gasteiger partial charge in [0.1, 0.15) is 5.76 Å². The molecule has 1 aliphatic rings. The minimum Gasteiger partial charge on any atom is -0.495 e. The predicted molar refractivity (Wildman–Crippen MR) is 46.5 cm³/mol. The summed E-state index contributed by atoms with van der Waals surface area (Å²) in [6, 6.07) is 0. The number of allylic oxidation sites excluding steroid dienone is 1. The van der Waals surface area contributed by atoms with Crippen molar-refractivity contribution in [2.75, 3.05) is 13.2 Å². The van der Waals surface area contributed by atoms with Gasteiger partial charge in [-0.2, -0.15) is 0 Å². The molecule has 0 aromatic rings. The van der Waals surface area contributed by atoms with E-state index >= 15 is 0 Å². The van der Waals surface area contributed by atoms with Crippen molar-refractivity contribution in [3.63, 3.8) is 0 Å². The first kappa shape index (κ1) is 9.52. The maximum atomic E-state index is 13.8. The van der Waals surface area contributed by atoms with Gasteiger partial charge in [0.2, 0.25) is 0 Å². The lowest BCUT2D eigenvalue weighted by atomic mass is 9.98. The average Bonchev–Trinajstić information content (AvgIpc) is 2.18. The van der Waals surface area contributed by atoms with E-state index in [0.29, 0.717) is 18.8 Å². The Morgan fingerprint density at radius 2 is 2.50 bits per heavy atom. The first-order chi connectivity index (χ1) is 5.73. The van der Waals surface area contributed by atoms with Crippen LogP contribution in [0.25, 0.3) is 0 Å². The summed E-state index contributed by atoms with van der Waals surface area (Å²) in [4.78, 5) is 0. The van der Waals surface area contributed by atoms with Crippen molar-refractivity contribution in [1.82, 2.24) is 0 Å². The Balaban J connectivity index is 2.70. The van der Waals surface area contributed by atoms with Crippen LogP contribution in [0.2, 0.25) is 0 Å². The van der Waals surface area contributed by atoms with Crippen LogP contribution in [0, 0.1) is 0 Å². The topological polar surface area (TPSA) is 35.2 Å². The van der Waals surface area contributed by atoms with Crippen molar-refractivity contribution in [2.45, 2.75) is 31.9 Å². The number of nitrogens with two attached hydrogens (primary N) is 1. The number of halogens is 1. The summed E-state index contributed by atoms with van der Waals surface area (Å²) in [5.74, 6) is 0.443. The third-order valence-electron chi connectivity index (χ3n) is 2.26. The molecule has 1 heterocycles. The first-order valence-electron chi connectivity index (χ1n) is 4.45. The molecular formula is C9H16FNO. The minimum absolute atomic E-state index is 0.00926. The summed E-state index contributed by atoms with van der Waals surface area (Å²) in [5, 5.41) is 0. The summed E-state index contributed by atoms with van der Waals surface area (Å²) < 4.78 is 19.0. The van der Waals surface area contributed by atoms with E-state index in [2.05, 4.69) is 0 Å². The number of rotatable bonds is 3. The molecule has 1 atom stereocenters. The summed E-state index contributed by atoms with van der Waals surface area (Å²) in [5.41, 5.74) is 3.92. The van der Waals surface area contributed by atoms with Crippen LogP contribution in [0.4, 0.5) is 4.39 Å². The molecule has 0 aromatic carbocycles. The maximum absolute atomic E-state index is 13.8. The first-order valence-corrected chi connectivity index (χ1v) is 4.45. The molecule has 0 saturated heterocycles. The normalized spacial score (nSPS) is 22.4. The molecule has 12 heavy (non-hydrogen) atoms. The van der Waals surface area contributed by atoms with E-state index in [1.807, 2.05) is 6.08 Å². The highest BCUT2D eigenvalue weighted by Crippen LogP contribution is 2.28. The average molecular weight is 173 g/mol. The lowest BCUT2D eigenvalue weighted by molar-refractivity contribution is 0.0771. The Bertz CT molecular complexity index is 175. The van der Waals surface area contributed by atoms with Crippen molar-refractivity contribution in [3.8, 4) is 0 Å². The highest BCUT2D eigenvalue weighted by Gasteiger charge is 2.33. The highest BCUT2D eigenvalue weighted by atomic mass is 19.1. The van der Waals surface area contributed by atoms with Gasteiger partial charge in [0.15, 0.2) is 5.67 Å². The van der Waals surface area contributed by atoms with Gasteiger partial charge in [-0.05, 0) is 25.3 Å². The standard InChI is InChI=1S/C9H16FNO/c1-2-9(10,7-11)8-5-3-4-6-12-8/h5H,2-4,6-7,11H2,1H3. The molecule has 1 aliphatic heterocycles. The van der Waals surface area contributed by atoms with E-state index in [9.17, 15) is 4.39 Å². The zero-order valence-corrected chi connectivity index (χ0v) is 7.48. The van der Waals surface area contributed by atoms with Crippen LogP contribution < -0.4 is 5.73 Å². The van der Waals surface area contributed by atoms with Gasteiger partial charge in [-0.1, -0.05) is 6.92 Å². The van der Waals surface area contributed by atoms with Crippen LogP contribution in [0.1, 0.15) is 26.2 Å². The van der Waals surface area contributed by atoms with E-state index in [-0.39, 0.29) is 6.54 Å². The molecule has 0 radical (unpaired) electrons. The van der Waals surface area contributed by atoms with Crippen LogP contribution in [-0.2, 0) is 4.74 Å². The Morgan fingerprint density at radius 1 is 1.75 bits per heavy atom. The van der Waals surface area contributed by atoms with Crippen LogP contribution in [-0.4, -0.2) is 18.8 Å². The quantitative estimate of drug-likeness (QED) is 0.705. The maximum Gasteiger partial charge on any atom is 0.179 e. The van der Waals surface area contributed by atoms with Crippen LogP contribution in [0.5, 0.6) is 0 Å². The van der Waals surface area contributed by atoms with Gasteiger partial charge in [0.05, 0.1) is 6.61 Å². The Labute approximate surface area is 72.6 Å². The van der Waals surface area contributed by atoms with E-state index in [0.717, 1.165) is 12.8 Å². The molecule has 2 nitrogen and oxygen atoms in total. The van der Waals surface area contributed by atoms with E-state index < -0.39 is 5.67 Å². The highest BCUT2D eigenvalue weighted by molar-refractivity contribution is 5.12. The zero-order chi connectivity index (χ0) is 9.03. The number of hydrogen-bond donors (Lipinski definition) is 1. The van der Waals surface area contributed by atoms with Crippen LogP contribution in [0.3, 0.4) is 0 Å². The number of hydrogen-bond acceptors (Lipinski definition) is 2. The monoisotopic (exact) mass is 173 g/mol. The molecule has 0 aromatic heterocycles. The molecule has 0 spiro atoms. The second-order valence-electron chi connectivity index (χ2n) is 3.08. The number of alkyl halides is 1. The molecule has 3 heteroatoms. The third-order valence-corrected chi connectivity index (χ3v) is 2.26. The molecule has 1 unspecified atom stereocenters. The molecule has 0 aliphatic carbocycles. The summed E-state index contributed by atoms with van der Waals surface area (Å²) >= 11 is 0. The minimum atomic E-state index is -1.43. The molecule has 0 fully saturated rings. The van der Waals surface area contributed by atoms with Gasteiger partial charge < -0.3 is 10.5 Å². The SMILES string of the molecule is CCC(F)(CN)C1=CCCCO1. The predicted octanol–water partition coefficient (Wildman–Crippen LogP) is 1.76. The van der Waals surface area contributed by atoms with Crippen LogP contribution >= 0.6 is 0 Å².